The number of nitrogens with two attached hydrogens (primary N) is 1. The highest BCUT2D eigenvalue weighted by molar-refractivity contribution is 5.51. The van der Waals surface area contributed by atoms with Crippen LogP contribution in [0.5, 0.6) is 0 Å². The van der Waals surface area contributed by atoms with E-state index < -0.39 is 0 Å². The summed E-state index contributed by atoms with van der Waals surface area (Å²) in [6.45, 7) is 4.45. The number of anilines is 1. The van der Waals surface area contributed by atoms with Crippen molar-refractivity contribution in [1.82, 2.24) is 4.57 Å². The van der Waals surface area contributed by atoms with E-state index >= 15 is 0 Å². The van der Waals surface area contributed by atoms with E-state index in [0.717, 1.165) is 24.2 Å². The largest absolute Gasteiger partial charge is 0.397 e. The summed E-state index contributed by atoms with van der Waals surface area (Å²) >= 11 is 0. The molecule has 1 saturated carbocycles. The second kappa shape index (κ2) is 5.48. The Balaban J connectivity index is 2.31. The van der Waals surface area contributed by atoms with Gasteiger partial charge < -0.3 is 10.3 Å². The van der Waals surface area contributed by atoms with Gasteiger partial charge in [0.1, 0.15) is 11.8 Å². The second-order valence-corrected chi connectivity index (χ2v) is 5.78. The zero-order valence-corrected chi connectivity index (χ0v) is 11.4. The van der Waals surface area contributed by atoms with Crippen LogP contribution in [0.4, 0.5) is 5.69 Å². The van der Waals surface area contributed by atoms with Gasteiger partial charge in [-0.15, -0.1) is 0 Å². The van der Waals surface area contributed by atoms with Crippen LogP contribution in [0, 0.1) is 17.2 Å². The minimum Gasteiger partial charge on any atom is -0.397 e. The summed E-state index contributed by atoms with van der Waals surface area (Å²) in [5, 5.41) is 9.27. The molecule has 3 heteroatoms. The number of nitriles is 1. The van der Waals surface area contributed by atoms with Gasteiger partial charge >= 0.3 is 0 Å². The summed E-state index contributed by atoms with van der Waals surface area (Å²) in [5.74, 6) is 0.668. The average molecular weight is 245 g/mol. The Labute approximate surface area is 110 Å². The summed E-state index contributed by atoms with van der Waals surface area (Å²) in [6.07, 6.45) is 7.05. The molecule has 0 amide bonds. The number of nitrogen functional groups attached to an aromatic ring is 1. The Morgan fingerprint density at radius 3 is 2.67 bits per heavy atom. The van der Waals surface area contributed by atoms with E-state index in [4.69, 9.17) is 5.73 Å². The molecule has 1 aromatic heterocycles. The molecule has 3 nitrogen and oxygen atoms in total. The zero-order chi connectivity index (χ0) is 13.1. The van der Waals surface area contributed by atoms with Gasteiger partial charge in [0, 0.05) is 11.7 Å². The van der Waals surface area contributed by atoms with Crippen molar-refractivity contribution in [3.05, 3.63) is 17.5 Å². The minimum atomic E-state index is 0.499. The molecule has 1 aliphatic carbocycles. The SMILES string of the molecule is CC(C)CCc1c(N)cc(C#N)n1C1CCCC1. The first-order valence-corrected chi connectivity index (χ1v) is 7.03. The van der Waals surface area contributed by atoms with E-state index in [1.54, 1.807) is 0 Å². The number of aromatic nitrogens is 1. The first kappa shape index (κ1) is 13.0. The van der Waals surface area contributed by atoms with Gasteiger partial charge in [-0.1, -0.05) is 26.7 Å². The van der Waals surface area contributed by atoms with Crippen LogP contribution in [0.3, 0.4) is 0 Å². The van der Waals surface area contributed by atoms with E-state index in [1.807, 2.05) is 6.07 Å². The van der Waals surface area contributed by atoms with Crippen molar-refractivity contribution >= 4 is 5.69 Å². The minimum absolute atomic E-state index is 0.499. The predicted octanol–water partition coefficient (Wildman–Crippen LogP) is 3.65. The van der Waals surface area contributed by atoms with Crippen molar-refractivity contribution in [2.45, 2.75) is 58.4 Å². The normalized spacial score (nSPS) is 16.3. The van der Waals surface area contributed by atoms with E-state index in [-0.39, 0.29) is 0 Å². The molecule has 0 radical (unpaired) electrons. The maximum atomic E-state index is 9.27. The molecule has 0 aliphatic heterocycles. The Morgan fingerprint density at radius 2 is 2.11 bits per heavy atom. The average Bonchev–Trinajstić information content (AvgIpc) is 2.93. The molecule has 0 atom stereocenters. The summed E-state index contributed by atoms with van der Waals surface area (Å²) in [7, 11) is 0. The Bertz CT molecular complexity index is 445. The van der Waals surface area contributed by atoms with Crippen LogP contribution in [0.2, 0.25) is 0 Å². The van der Waals surface area contributed by atoms with Crippen molar-refractivity contribution in [1.29, 1.82) is 5.26 Å². The van der Waals surface area contributed by atoms with E-state index in [2.05, 4.69) is 24.5 Å². The first-order valence-electron chi connectivity index (χ1n) is 7.03. The summed E-state index contributed by atoms with van der Waals surface area (Å²) in [6, 6.07) is 4.66. The van der Waals surface area contributed by atoms with Crippen LogP contribution in [0.25, 0.3) is 0 Å². The standard InChI is InChI=1S/C15H23N3/c1-11(2)7-8-15-14(17)9-13(10-16)18(15)12-5-3-4-6-12/h9,11-12H,3-8,17H2,1-2H3. The molecular formula is C15H23N3. The van der Waals surface area contributed by atoms with Crippen LogP contribution >= 0.6 is 0 Å². The van der Waals surface area contributed by atoms with Gasteiger partial charge in [0.2, 0.25) is 0 Å². The quantitative estimate of drug-likeness (QED) is 0.880. The molecule has 0 bridgehead atoms. The van der Waals surface area contributed by atoms with Crippen LogP contribution in [-0.4, -0.2) is 4.57 Å². The zero-order valence-electron chi connectivity index (χ0n) is 11.4. The maximum absolute atomic E-state index is 9.27. The van der Waals surface area contributed by atoms with Gasteiger partial charge in [-0.05, 0) is 37.7 Å². The van der Waals surface area contributed by atoms with Gasteiger partial charge in [0.05, 0.1) is 5.69 Å². The highest BCUT2D eigenvalue weighted by Crippen LogP contribution is 2.35. The van der Waals surface area contributed by atoms with E-state index in [1.165, 1.54) is 31.4 Å². The van der Waals surface area contributed by atoms with Crippen molar-refractivity contribution in [2.75, 3.05) is 5.73 Å². The van der Waals surface area contributed by atoms with Crippen molar-refractivity contribution < 1.29 is 0 Å². The Kier molecular flexibility index (Phi) is 3.96. The van der Waals surface area contributed by atoms with Crippen LogP contribution in [0.15, 0.2) is 6.07 Å². The lowest BCUT2D eigenvalue weighted by Gasteiger charge is -2.18. The molecule has 0 aromatic carbocycles. The number of nitrogens with zero attached hydrogens (tertiary/aromatic N) is 2. The molecule has 0 spiro atoms. The monoisotopic (exact) mass is 245 g/mol. The number of rotatable bonds is 4. The van der Waals surface area contributed by atoms with E-state index in [0.29, 0.717) is 12.0 Å². The van der Waals surface area contributed by atoms with Crippen LogP contribution in [-0.2, 0) is 6.42 Å². The molecular weight excluding hydrogens is 222 g/mol. The van der Waals surface area contributed by atoms with Crippen molar-refractivity contribution in [3.8, 4) is 6.07 Å². The topological polar surface area (TPSA) is 54.7 Å². The lowest BCUT2D eigenvalue weighted by molar-refractivity contribution is 0.484. The highest BCUT2D eigenvalue weighted by atomic mass is 15.0. The fourth-order valence-electron chi connectivity index (χ4n) is 2.94. The van der Waals surface area contributed by atoms with Crippen LogP contribution in [0.1, 0.15) is 63.4 Å². The molecule has 1 aromatic rings. The summed E-state index contributed by atoms with van der Waals surface area (Å²) in [4.78, 5) is 0. The third kappa shape index (κ3) is 2.53. The molecule has 1 heterocycles. The fourth-order valence-corrected chi connectivity index (χ4v) is 2.94. The fraction of sp³-hybridized carbons (Fsp3) is 0.667. The number of hydrogen-bond acceptors (Lipinski definition) is 2. The third-order valence-corrected chi connectivity index (χ3v) is 3.94. The van der Waals surface area contributed by atoms with Crippen molar-refractivity contribution in [3.63, 3.8) is 0 Å². The van der Waals surface area contributed by atoms with Crippen molar-refractivity contribution in [2.24, 2.45) is 5.92 Å². The van der Waals surface area contributed by atoms with E-state index in [9.17, 15) is 5.26 Å². The van der Waals surface area contributed by atoms with Gasteiger partial charge in [-0.25, -0.2) is 0 Å². The molecule has 2 N–H and O–H groups in total. The molecule has 98 valence electrons. The lowest BCUT2D eigenvalue weighted by atomic mass is 10.1. The molecule has 0 saturated heterocycles. The second-order valence-electron chi connectivity index (χ2n) is 5.78. The predicted molar refractivity (Wildman–Crippen MR) is 74.2 cm³/mol. The Hall–Kier alpha value is -1.43. The Morgan fingerprint density at radius 1 is 1.44 bits per heavy atom. The van der Waals surface area contributed by atoms with Gasteiger partial charge in [0.25, 0.3) is 0 Å². The summed E-state index contributed by atoms with van der Waals surface area (Å²) in [5.41, 5.74) is 8.84. The third-order valence-electron chi connectivity index (χ3n) is 3.94. The van der Waals surface area contributed by atoms with Gasteiger partial charge in [0.15, 0.2) is 0 Å². The molecule has 2 rings (SSSR count). The van der Waals surface area contributed by atoms with Gasteiger partial charge in [-0.2, -0.15) is 5.26 Å². The molecule has 0 unspecified atom stereocenters. The highest BCUT2D eigenvalue weighted by Gasteiger charge is 2.23. The van der Waals surface area contributed by atoms with Gasteiger partial charge in [-0.3, -0.25) is 0 Å². The smallest absolute Gasteiger partial charge is 0.122 e. The number of hydrogen-bond donors (Lipinski definition) is 1. The lowest BCUT2D eigenvalue weighted by Crippen LogP contribution is -2.12. The maximum Gasteiger partial charge on any atom is 0.122 e. The molecule has 1 aliphatic rings. The first-order chi connectivity index (χ1) is 8.63. The molecule has 1 fully saturated rings. The summed E-state index contributed by atoms with van der Waals surface area (Å²) < 4.78 is 2.23. The molecule has 18 heavy (non-hydrogen) atoms. The van der Waals surface area contributed by atoms with Crippen LogP contribution < -0.4 is 5.73 Å².